The molecule has 0 spiro atoms. The summed E-state index contributed by atoms with van der Waals surface area (Å²) in [6.07, 6.45) is 0. The molecule has 6 nitrogen and oxygen atoms in total. The van der Waals surface area contributed by atoms with E-state index in [0.29, 0.717) is 5.56 Å². The van der Waals surface area contributed by atoms with E-state index in [2.05, 4.69) is 9.97 Å². The van der Waals surface area contributed by atoms with Gasteiger partial charge in [0.2, 0.25) is 5.75 Å². The minimum Gasteiger partial charge on any atom is -0.501 e. The van der Waals surface area contributed by atoms with Gasteiger partial charge in [-0.15, -0.1) is 0 Å². The molecule has 3 rings (SSSR count). The Kier molecular flexibility index (Phi) is 2.91. The molecular formula is C15H10N2O4. The summed E-state index contributed by atoms with van der Waals surface area (Å²) in [6, 6.07) is 13.0. The van der Waals surface area contributed by atoms with E-state index in [4.69, 9.17) is 5.11 Å². The third kappa shape index (κ3) is 2.23. The molecule has 0 aliphatic heterocycles. The van der Waals surface area contributed by atoms with Gasteiger partial charge in [-0.2, -0.15) is 0 Å². The number of carboxylic acids is 1. The number of aromatic hydroxyl groups is 1. The SMILES string of the molecule is O=C(O)c1nc(-c2ccc3ccccc3c2)[nH]c(=O)c1O. The van der Waals surface area contributed by atoms with Crippen LogP contribution in [0.5, 0.6) is 5.75 Å². The number of carboxylic acid groups (broad SMARTS) is 1. The second-order valence-corrected chi connectivity index (χ2v) is 4.48. The zero-order valence-corrected chi connectivity index (χ0v) is 10.7. The van der Waals surface area contributed by atoms with Gasteiger partial charge in [0.15, 0.2) is 5.69 Å². The molecule has 6 heteroatoms. The number of carbonyl (C=O) groups is 1. The number of aromatic nitrogens is 2. The number of fused-ring (bicyclic) bond motifs is 1. The van der Waals surface area contributed by atoms with Crippen LogP contribution in [0.15, 0.2) is 47.3 Å². The van der Waals surface area contributed by atoms with E-state index in [9.17, 15) is 14.7 Å². The molecule has 0 bridgehead atoms. The molecule has 1 heterocycles. The Morgan fingerprint density at radius 2 is 1.81 bits per heavy atom. The Hall–Kier alpha value is -3.15. The fraction of sp³-hybridized carbons (Fsp3) is 0. The minimum absolute atomic E-state index is 0.0981. The lowest BCUT2D eigenvalue weighted by atomic mass is 10.1. The minimum atomic E-state index is -1.46. The lowest BCUT2D eigenvalue weighted by molar-refractivity contribution is 0.0686. The molecular weight excluding hydrogens is 272 g/mol. The number of hydrogen-bond donors (Lipinski definition) is 3. The van der Waals surface area contributed by atoms with E-state index in [1.807, 2.05) is 30.3 Å². The van der Waals surface area contributed by atoms with Crippen LogP contribution in [0.3, 0.4) is 0 Å². The van der Waals surface area contributed by atoms with Crippen LogP contribution in [0, 0.1) is 0 Å². The number of nitrogens with zero attached hydrogens (tertiary/aromatic N) is 1. The summed E-state index contributed by atoms with van der Waals surface area (Å²) >= 11 is 0. The molecule has 0 aliphatic rings. The fourth-order valence-electron chi connectivity index (χ4n) is 2.09. The maximum Gasteiger partial charge on any atom is 0.358 e. The molecule has 0 amide bonds. The lowest BCUT2D eigenvalue weighted by Crippen LogP contribution is -2.15. The predicted molar refractivity (Wildman–Crippen MR) is 76.4 cm³/mol. The molecule has 0 saturated carbocycles. The standard InChI is InChI=1S/C15H10N2O4/c18-12-11(15(20)21)16-13(17-14(12)19)10-6-5-8-3-1-2-4-9(8)7-10/h1-7,18H,(H,20,21)(H,16,17,19). The first kappa shape index (κ1) is 12.9. The predicted octanol–water partition coefficient (Wildman–Crippen LogP) is 1.99. The second-order valence-electron chi connectivity index (χ2n) is 4.48. The van der Waals surface area contributed by atoms with Crippen molar-refractivity contribution in [2.45, 2.75) is 0 Å². The Balaban J connectivity index is 2.23. The van der Waals surface area contributed by atoms with Gasteiger partial charge in [0.25, 0.3) is 5.56 Å². The van der Waals surface area contributed by atoms with Gasteiger partial charge in [0.05, 0.1) is 0 Å². The Morgan fingerprint density at radius 3 is 2.52 bits per heavy atom. The number of H-pyrrole nitrogens is 1. The van der Waals surface area contributed by atoms with Gasteiger partial charge in [0.1, 0.15) is 5.82 Å². The molecule has 0 aliphatic carbocycles. The van der Waals surface area contributed by atoms with Crippen molar-refractivity contribution in [1.29, 1.82) is 0 Å². The highest BCUT2D eigenvalue weighted by Crippen LogP contribution is 2.22. The molecule has 21 heavy (non-hydrogen) atoms. The third-order valence-electron chi connectivity index (χ3n) is 3.12. The number of nitrogens with one attached hydrogen (secondary N) is 1. The molecule has 0 radical (unpaired) electrons. The Labute approximate surface area is 118 Å². The zero-order valence-electron chi connectivity index (χ0n) is 10.7. The number of hydrogen-bond acceptors (Lipinski definition) is 4. The molecule has 3 N–H and O–H groups in total. The van der Waals surface area contributed by atoms with Gasteiger partial charge in [0, 0.05) is 5.56 Å². The van der Waals surface area contributed by atoms with Crippen molar-refractivity contribution in [3.8, 4) is 17.1 Å². The van der Waals surface area contributed by atoms with Crippen LogP contribution in [0.25, 0.3) is 22.2 Å². The average Bonchev–Trinajstić information content (AvgIpc) is 2.49. The first-order valence-corrected chi connectivity index (χ1v) is 6.12. The van der Waals surface area contributed by atoms with Crippen molar-refractivity contribution in [2.24, 2.45) is 0 Å². The number of benzene rings is 2. The Morgan fingerprint density at radius 1 is 1.10 bits per heavy atom. The summed E-state index contributed by atoms with van der Waals surface area (Å²) in [7, 11) is 0. The lowest BCUT2D eigenvalue weighted by Gasteiger charge is -2.05. The topological polar surface area (TPSA) is 103 Å². The summed E-state index contributed by atoms with van der Waals surface area (Å²) in [5.41, 5.74) is -0.985. The van der Waals surface area contributed by atoms with Gasteiger partial charge in [-0.25, -0.2) is 9.78 Å². The number of aromatic amines is 1. The van der Waals surface area contributed by atoms with Crippen molar-refractivity contribution in [2.75, 3.05) is 0 Å². The van der Waals surface area contributed by atoms with E-state index in [0.717, 1.165) is 10.8 Å². The van der Waals surface area contributed by atoms with Crippen molar-refractivity contribution < 1.29 is 15.0 Å². The first-order chi connectivity index (χ1) is 10.1. The molecule has 0 atom stereocenters. The largest absolute Gasteiger partial charge is 0.501 e. The highest BCUT2D eigenvalue weighted by molar-refractivity contribution is 5.89. The summed E-state index contributed by atoms with van der Waals surface area (Å²) < 4.78 is 0. The summed E-state index contributed by atoms with van der Waals surface area (Å²) in [5.74, 6) is -2.26. The molecule has 2 aromatic carbocycles. The second kappa shape index (κ2) is 4.75. The summed E-state index contributed by atoms with van der Waals surface area (Å²) in [6.45, 7) is 0. The first-order valence-electron chi connectivity index (χ1n) is 6.12. The highest BCUT2D eigenvalue weighted by atomic mass is 16.4. The van der Waals surface area contributed by atoms with Crippen LogP contribution < -0.4 is 5.56 Å². The van der Waals surface area contributed by atoms with Crippen molar-refractivity contribution >= 4 is 16.7 Å². The maximum atomic E-state index is 11.6. The van der Waals surface area contributed by atoms with E-state index >= 15 is 0 Å². The summed E-state index contributed by atoms with van der Waals surface area (Å²) in [4.78, 5) is 28.8. The van der Waals surface area contributed by atoms with E-state index in [1.165, 1.54) is 0 Å². The number of rotatable bonds is 2. The van der Waals surface area contributed by atoms with Gasteiger partial charge in [-0.3, -0.25) is 4.79 Å². The van der Waals surface area contributed by atoms with Gasteiger partial charge in [-0.1, -0.05) is 36.4 Å². The van der Waals surface area contributed by atoms with Crippen molar-refractivity contribution in [3.05, 3.63) is 58.5 Å². The van der Waals surface area contributed by atoms with Gasteiger partial charge < -0.3 is 15.2 Å². The zero-order chi connectivity index (χ0) is 15.0. The Bertz CT molecular complexity index is 915. The highest BCUT2D eigenvalue weighted by Gasteiger charge is 2.17. The maximum absolute atomic E-state index is 11.6. The van der Waals surface area contributed by atoms with E-state index in [1.54, 1.807) is 12.1 Å². The number of aromatic carboxylic acids is 1. The smallest absolute Gasteiger partial charge is 0.358 e. The van der Waals surface area contributed by atoms with Gasteiger partial charge in [-0.05, 0) is 16.8 Å². The monoisotopic (exact) mass is 282 g/mol. The molecule has 3 aromatic rings. The van der Waals surface area contributed by atoms with Crippen LogP contribution in [-0.2, 0) is 0 Å². The van der Waals surface area contributed by atoms with Crippen molar-refractivity contribution in [3.63, 3.8) is 0 Å². The van der Waals surface area contributed by atoms with E-state index < -0.39 is 23.0 Å². The van der Waals surface area contributed by atoms with Gasteiger partial charge >= 0.3 is 5.97 Å². The van der Waals surface area contributed by atoms with E-state index in [-0.39, 0.29) is 5.82 Å². The fourth-order valence-corrected chi connectivity index (χ4v) is 2.09. The third-order valence-corrected chi connectivity index (χ3v) is 3.12. The van der Waals surface area contributed by atoms with Crippen LogP contribution in [0.4, 0.5) is 0 Å². The summed E-state index contributed by atoms with van der Waals surface area (Å²) in [5, 5.41) is 20.3. The van der Waals surface area contributed by atoms with Crippen LogP contribution >= 0.6 is 0 Å². The average molecular weight is 282 g/mol. The van der Waals surface area contributed by atoms with Crippen LogP contribution in [-0.4, -0.2) is 26.2 Å². The molecule has 0 saturated heterocycles. The molecule has 1 aromatic heterocycles. The molecule has 104 valence electrons. The quantitative estimate of drug-likeness (QED) is 0.667. The molecule has 0 unspecified atom stereocenters. The van der Waals surface area contributed by atoms with Crippen LogP contribution in [0.1, 0.15) is 10.5 Å². The normalized spacial score (nSPS) is 10.7. The van der Waals surface area contributed by atoms with Crippen molar-refractivity contribution in [1.82, 2.24) is 9.97 Å². The molecule has 0 fully saturated rings. The van der Waals surface area contributed by atoms with Crippen LogP contribution in [0.2, 0.25) is 0 Å².